The van der Waals surface area contributed by atoms with Crippen LogP contribution in [0.15, 0.2) is 65.6 Å². The van der Waals surface area contributed by atoms with Gasteiger partial charge in [0.25, 0.3) is 5.91 Å². The Morgan fingerprint density at radius 2 is 1.64 bits per heavy atom. The van der Waals surface area contributed by atoms with Crippen molar-refractivity contribution in [3.63, 3.8) is 0 Å². The van der Waals surface area contributed by atoms with E-state index in [1.165, 1.54) is 0 Å². The SMILES string of the molecule is Cc1ccccc1C(=O)Nc1ccc(S(=O)(=O)NC2CCN(C(=O)CC3CCCCN3)CC2)c2ccccc12. The Balaban J connectivity index is 1.26. The van der Waals surface area contributed by atoms with Gasteiger partial charge < -0.3 is 15.5 Å². The topological polar surface area (TPSA) is 108 Å². The Hall–Kier alpha value is -3.27. The maximum atomic E-state index is 13.5. The number of sulfonamides is 1. The van der Waals surface area contributed by atoms with Gasteiger partial charge in [0.2, 0.25) is 15.9 Å². The molecule has 0 saturated carbocycles. The number of hydrogen-bond acceptors (Lipinski definition) is 5. The molecule has 2 heterocycles. The van der Waals surface area contributed by atoms with Gasteiger partial charge in [0.05, 0.1) is 4.90 Å². The van der Waals surface area contributed by atoms with Crippen molar-refractivity contribution in [2.45, 2.75) is 62.4 Å². The number of piperidine rings is 2. The standard InChI is InChI=1S/C30H36N4O4S/c1-21-8-2-3-10-24(21)30(36)32-27-13-14-28(26-12-5-4-11-25(26)27)39(37,38)33-22-15-18-34(19-16-22)29(35)20-23-9-6-7-17-31-23/h2-5,8,10-14,22-23,31,33H,6-7,9,15-20H2,1H3,(H,32,36). The van der Waals surface area contributed by atoms with E-state index in [9.17, 15) is 18.0 Å². The molecule has 1 atom stereocenters. The third-order valence-electron chi connectivity index (χ3n) is 7.81. The molecule has 39 heavy (non-hydrogen) atoms. The lowest BCUT2D eigenvalue weighted by molar-refractivity contribution is -0.132. The predicted molar refractivity (Wildman–Crippen MR) is 153 cm³/mol. The lowest BCUT2D eigenvalue weighted by atomic mass is 10.00. The summed E-state index contributed by atoms with van der Waals surface area (Å²) in [6.45, 7) is 3.94. The Morgan fingerprint density at radius 3 is 2.36 bits per heavy atom. The monoisotopic (exact) mass is 548 g/mol. The Morgan fingerprint density at radius 1 is 0.923 bits per heavy atom. The van der Waals surface area contributed by atoms with Gasteiger partial charge in [0.1, 0.15) is 0 Å². The molecule has 0 aromatic heterocycles. The molecule has 2 aliphatic heterocycles. The molecule has 0 radical (unpaired) electrons. The molecule has 206 valence electrons. The molecule has 2 amide bonds. The minimum absolute atomic E-state index is 0.144. The molecule has 2 saturated heterocycles. The number of aryl methyl sites for hydroxylation is 1. The minimum atomic E-state index is -3.83. The zero-order valence-electron chi connectivity index (χ0n) is 22.3. The summed E-state index contributed by atoms with van der Waals surface area (Å²) in [5.74, 6) is -0.0995. The van der Waals surface area contributed by atoms with E-state index in [-0.39, 0.29) is 28.8 Å². The van der Waals surface area contributed by atoms with E-state index in [4.69, 9.17) is 0 Å². The minimum Gasteiger partial charge on any atom is -0.343 e. The summed E-state index contributed by atoms with van der Waals surface area (Å²) in [6, 6.07) is 17.7. The van der Waals surface area contributed by atoms with Gasteiger partial charge in [0, 0.05) is 53.6 Å². The summed E-state index contributed by atoms with van der Waals surface area (Å²) in [7, 11) is -3.83. The highest BCUT2D eigenvalue weighted by Crippen LogP contribution is 2.30. The molecule has 9 heteroatoms. The smallest absolute Gasteiger partial charge is 0.255 e. The first-order valence-electron chi connectivity index (χ1n) is 13.7. The summed E-state index contributed by atoms with van der Waals surface area (Å²) in [5.41, 5.74) is 1.98. The van der Waals surface area contributed by atoms with E-state index in [0.717, 1.165) is 31.4 Å². The van der Waals surface area contributed by atoms with Crippen molar-refractivity contribution in [1.82, 2.24) is 14.9 Å². The first-order valence-corrected chi connectivity index (χ1v) is 15.2. The van der Waals surface area contributed by atoms with Crippen molar-refractivity contribution in [2.75, 3.05) is 25.0 Å². The number of anilines is 1. The number of carbonyl (C=O) groups is 2. The van der Waals surface area contributed by atoms with E-state index < -0.39 is 10.0 Å². The molecule has 1 unspecified atom stereocenters. The van der Waals surface area contributed by atoms with Crippen molar-refractivity contribution < 1.29 is 18.0 Å². The molecule has 8 nitrogen and oxygen atoms in total. The summed E-state index contributed by atoms with van der Waals surface area (Å²) in [4.78, 5) is 27.7. The van der Waals surface area contributed by atoms with Crippen LogP contribution in [-0.2, 0) is 14.8 Å². The molecule has 0 aliphatic carbocycles. The molecule has 3 N–H and O–H groups in total. The van der Waals surface area contributed by atoms with Gasteiger partial charge in [-0.15, -0.1) is 0 Å². The highest BCUT2D eigenvalue weighted by molar-refractivity contribution is 7.89. The number of rotatable bonds is 7. The molecule has 5 rings (SSSR count). The van der Waals surface area contributed by atoms with E-state index in [1.807, 2.05) is 42.2 Å². The number of fused-ring (bicyclic) bond motifs is 1. The van der Waals surface area contributed by atoms with Crippen LogP contribution >= 0.6 is 0 Å². The van der Waals surface area contributed by atoms with Gasteiger partial charge in [-0.25, -0.2) is 13.1 Å². The van der Waals surface area contributed by atoms with Gasteiger partial charge >= 0.3 is 0 Å². The Labute approximate surface area is 230 Å². The molecular weight excluding hydrogens is 512 g/mol. The van der Waals surface area contributed by atoms with Gasteiger partial charge in [-0.2, -0.15) is 0 Å². The zero-order chi connectivity index (χ0) is 27.4. The molecule has 0 bridgehead atoms. The van der Waals surface area contributed by atoms with Crippen molar-refractivity contribution in [2.24, 2.45) is 0 Å². The number of nitrogens with zero attached hydrogens (tertiary/aromatic N) is 1. The van der Waals surface area contributed by atoms with Gasteiger partial charge in [-0.1, -0.05) is 48.9 Å². The van der Waals surface area contributed by atoms with Gasteiger partial charge in [0.15, 0.2) is 0 Å². The quantitative estimate of drug-likeness (QED) is 0.410. The van der Waals surface area contributed by atoms with E-state index >= 15 is 0 Å². The predicted octanol–water partition coefficient (Wildman–Crippen LogP) is 4.20. The van der Waals surface area contributed by atoms with E-state index in [2.05, 4.69) is 15.4 Å². The van der Waals surface area contributed by atoms with Crippen molar-refractivity contribution in [1.29, 1.82) is 0 Å². The molecule has 3 aromatic rings. The third kappa shape index (κ3) is 6.32. The number of likely N-dealkylation sites (tertiary alicyclic amines) is 1. The number of hydrogen-bond donors (Lipinski definition) is 3. The largest absolute Gasteiger partial charge is 0.343 e. The number of benzene rings is 3. The Bertz CT molecular complexity index is 1460. The fourth-order valence-electron chi connectivity index (χ4n) is 5.60. The van der Waals surface area contributed by atoms with Crippen LogP contribution in [-0.4, -0.2) is 56.9 Å². The lowest BCUT2D eigenvalue weighted by Crippen LogP contribution is -2.48. The first-order chi connectivity index (χ1) is 18.8. The maximum Gasteiger partial charge on any atom is 0.255 e. The van der Waals surface area contributed by atoms with E-state index in [1.54, 1.807) is 30.3 Å². The summed E-state index contributed by atoms with van der Waals surface area (Å²) in [6.07, 6.45) is 5.01. The van der Waals surface area contributed by atoms with Crippen molar-refractivity contribution in [3.8, 4) is 0 Å². The van der Waals surface area contributed by atoms with Gasteiger partial charge in [-0.05, 0) is 62.9 Å². The summed E-state index contributed by atoms with van der Waals surface area (Å²) >= 11 is 0. The third-order valence-corrected chi connectivity index (χ3v) is 9.39. The van der Waals surface area contributed by atoms with Crippen molar-refractivity contribution >= 4 is 38.3 Å². The van der Waals surface area contributed by atoms with Crippen LogP contribution in [0.2, 0.25) is 0 Å². The average Bonchev–Trinajstić information content (AvgIpc) is 2.94. The molecule has 2 aliphatic rings. The zero-order valence-corrected chi connectivity index (χ0v) is 23.1. The van der Waals surface area contributed by atoms with E-state index in [0.29, 0.717) is 54.4 Å². The molecule has 0 spiro atoms. The van der Waals surface area contributed by atoms with Crippen LogP contribution in [0.25, 0.3) is 10.8 Å². The fraction of sp³-hybridized carbons (Fsp3) is 0.400. The second kappa shape index (κ2) is 11.9. The molecule has 3 aromatic carbocycles. The summed E-state index contributed by atoms with van der Waals surface area (Å²) in [5, 5.41) is 7.57. The average molecular weight is 549 g/mol. The molecule has 2 fully saturated rings. The van der Waals surface area contributed by atoms with Gasteiger partial charge in [-0.3, -0.25) is 9.59 Å². The van der Waals surface area contributed by atoms with Crippen LogP contribution in [0.3, 0.4) is 0 Å². The van der Waals surface area contributed by atoms with Crippen LogP contribution in [0.1, 0.15) is 54.4 Å². The lowest BCUT2D eigenvalue weighted by Gasteiger charge is -2.34. The summed E-state index contributed by atoms with van der Waals surface area (Å²) < 4.78 is 29.9. The van der Waals surface area contributed by atoms with Crippen molar-refractivity contribution in [3.05, 3.63) is 71.8 Å². The van der Waals surface area contributed by atoms with Crippen LogP contribution in [0, 0.1) is 6.92 Å². The second-order valence-corrected chi connectivity index (χ2v) is 12.2. The Kier molecular flexibility index (Phi) is 8.30. The first kappa shape index (κ1) is 27.3. The fourth-order valence-corrected chi connectivity index (χ4v) is 7.12. The normalized spacial score (nSPS) is 18.7. The van der Waals surface area contributed by atoms with Crippen LogP contribution < -0.4 is 15.4 Å². The highest BCUT2D eigenvalue weighted by atomic mass is 32.2. The number of carbonyl (C=O) groups excluding carboxylic acids is 2. The number of amides is 2. The van der Waals surface area contributed by atoms with Crippen LogP contribution in [0.5, 0.6) is 0 Å². The van der Waals surface area contributed by atoms with Crippen LogP contribution in [0.4, 0.5) is 5.69 Å². The molecular formula is C30H36N4O4S. The maximum absolute atomic E-state index is 13.5. The highest BCUT2D eigenvalue weighted by Gasteiger charge is 2.29. The second-order valence-electron chi connectivity index (χ2n) is 10.6. The number of nitrogens with one attached hydrogen (secondary N) is 3.